The van der Waals surface area contributed by atoms with Crippen LogP contribution in [0, 0.1) is 11.6 Å². The van der Waals surface area contributed by atoms with Gasteiger partial charge in [0.2, 0.25) is 5.95 Å². The Balaban J connectivity index is 1.33. The molecule has 12 nitrogen and oxygen atoms in total. The fourth-order valence-electron chi connectivity index (χ4n) is 4.99. The molecule has 1 aliphatic rings. The van der Waals surface area contributed by atoms with E-state index in [9.17, 15) is 8.42 Å². The van der Waals surface area contributed by atoms with Crippen LogP contribution in [-0.2, 0) is 9.84 Å². The van der Waals surface area contributed by atoms with Crippen molar-refractivity contribution in [3.63, 3.8) is 0 Å². The standard InChI is InChI=1S/C31H36F2N6O6S/c1-5-34-31-38-27(19-14-22(42-2)18-23(15-19)43-3)29(45-31)26-6-9-35-30(37-26)36-20-16-24(32)28(25(33)17-20)44-21-7-10-39(11-8-21)12-13-46(4,40)41/h6,9,14-18,21H,5,7-8,10-13H2,1-4H3,(H,34,38)(H,35,36,37). The van der Waals surface area contributed by atoms with Gasteiger partial charge in [-0.3, -0.25) is 0 Å². The minimum Gasteiger partial charge on any atom is -0.497 e. The Morgan fingerprint density at radius 1 is 1.02 bits per heavy atom. The van der Waals surface area contributed by atoms with E-state index in [4.69, 9.17) is 18.6 Å². The van der Waals surface area contributed by atoms with Crippen molar-refractivity contribution < 1.29 is 35.8 Å². The molecule has 0 spiro atoms. The van der Waals surface area contributed by atoms with Crippen LogP contribution in [0.1, 0.15) is 19.8 Å². The number of ether oxygens (including phenoxy) is 3. The molecule has 2 aromatic carbocycles. The number of sulfone groups is 1. The fourth-order valence-corrected chi connectivity index (χ4v) is 5.58. The number of likely N-dealkylation sites (tertiary alicyclic amines) is 1. The number of benzene rings is 2. The molecule has 3 heterocycles. The van der Waals surface area contributed by atoms with Crippen molar-refractivity contribution in [3.05, 3.63) is 54.2 Å². The number of piperidine rings is 1. The number of nitrogens with one attached hydrogen (secondary N) is 2. The van der Waals surface area contributed by atoms with Gasteiger partial charge >= 0.3 is 0 Å². The number of oxazole rings is 1. The first-order valence-electron chi connectivity index (χ1n) is 14.7. The lowest BCUT2D eigenvalue weighted by molar-refractivity contribution is 0.0966. The summed E-state index contributed by atoms with van der Waals surface area (Å²) in [5.41, 5.74) is 1.58. The van der Waals surface area contributed by atoms with E-state index in [1.807, 2.05) is 11.8 Å². The number of hydrogen-bond acceptors (Lipinski definition) is 12. The third kappa shape index (κ3) is 8.20. The molecular formula is C31H36F2N6O6S. The molecule has 5 rings (SSSR count). The number of nitrogens with zero attached hydrogens (tertiary/aromatic N) is 4. The van der Waals surface area contributed by atoms with Crippen molar-refractivity contribution in [2.75, 3.05) is 63.0 Å². The maximum atomic E-state index is 15.1. The van der Waals surface area contributed by atoms with E-state index in [0.717, 1.165) is 12.1 Å². The molecule has 0 aliphatic carbocycles. The van der Waals surface area contributed by atoms with Gasteiger partial charge in [0, 0.05) is 68.1 Å². The Morgan fingerprint density at radius 3 is 2.30 bits per heavy atom. The summed E-state index contributed by atoms with van der Waals surface area (Å²) in [7, 11) is 0.0349. The van der Waals surface area contributed by atoms with Gasteiger partial charge in [-0.1, -0.05) is 0 Å². The molecule has 1 fully saturated rings. The van der Waals surface area contributed by atoms with Gasteiger partial charge in [0.1, 0.15) is 38.8 Å². The summed E-state index contributed by atoms with van der Waals surface area (Å²) < 4.78 is 75.7. The van der Waals surface area contributed by atoms with Crippen molar-refractivity contribution in [1.82, 2.24) is 19.9 Å². The van der Waals surface area contributed by atoms with Crippen LogP contribution in [0.15, 0.2) is 47.0 Å². The van der Waals surface area contributed by atoms with Crippen LogP contribution in [0.5, 0.6) is 17.2 Å². The van der Waals surface area contributed by atoms with Gasteiger partial charge in [0.25, 0.3) is 6.01 Å². The van der Waals surface area contributed by atoms with Crippen LogP contribution >= 0.6 is 0 Å². The summed E-state index contributed by atoms with van der Waals surface area (Å²) in [6.45, 7) is 4.05. The number of methoxy groups -OCH3 is 2. The monoisotopic (exact) mass is 658 g/mol. The molecule has 0 bridgehead atoms. The van der Waals surface area contributed by atoms with Crippen LogP contribution in [0.2, 0.25) is 0 Å². The Labute approximate surface area is 266 Å². The molecule has 4 aromatic rings. The first-order valence-corrected chi connectivity index (χ1v) is 16.8. The normalized spacial score (nSPS) is 14.2. The molecule has 246 valence electrons. The zero-order valence-corrected chi connectivity index (χ0v) is 26.8. The number of aromatic nitrogens is 3. The summed E-state index contributed by atoms with van der Waals surface area (Å²) in [5, 5.41) is 5.92. The topological polar surface area (TPSA) is 141 Å². The number of halogens is 2. The molecule has 0 unspecified atom stereocenters. The average molecular weight is 659 g/mol. The van der Waals surface area contributed by atoms with E-state index in [2.05, 4.69) is 25.6 Å². The van der Waals surface area contributed by atoms with Gasteiger partial charge in [-0.15, -0.1) is 0 Å². The van der Waals surface area contributed by atoms with Crippen LogP contribution in [0.4, 0.5) is 26.4 Å². The van der Waals surface area contributed by atoms with E-state index >= 15 is 8.78 Å². The molecule has 1 aliphatic heterocycles. The molecule has 2 aromatic heterocycles. The Bertz CT molecular complexity index is 1730. The molecule has 2 N–H and O–H groups in total. The van der Waals surface area contributed by atoms with E-state index in [-0.39, 0.29) is 23.4 Å². The average Bonchev–Trinajstić information content (AvgIpc) is 3.46. The largest absolute Gasteiger partial charge is 0.497 e. The zero-order valence-electron chi connectivity index (χ0n) is 26.0. The maximum absolute atomic E-state index is 15.1. The SMILES string of the molecule is CCNc1nc(-c2cc(OC)cc(OC)c2)c(-c2ccnc(Nc3cc(F)c(OC4CCN(CCS(C)(=O)=O)CC4)c(F)c3)n2)o1. The number of anilines is 3. The molecule has 1 saturated heterocycles. The first-order chi connectivity index (χ1) is 22.0. The van der Waals surface area contributed by atoms with Crippen molar-refractivity contribution >= 4 is 27.5 Å². The first kappa shape index (κ1) is 32.9. The lowest BCUT2D eigenvalue weighted by Gasteiger charge is -2.32. The highest BCUT2D eigenvalue weighted by molar-refractivity contribution is 7.90. The molecule has 0 atom stereocenters. The highest BCUT2D eigenvalue weighted by atomic mass is 32.2. The molecule has 0 radical (unpaired) electrons. The Kier molecular flexibility index (Phi) is 10.2. The van der Waals surface area contributed by atoms with Gasteiger partial charge < -0.3 is 34.2 Å². The number of hydrogen-bond donors (Lipinski definition) is 2. The fraction of sp³-hybridized carbons (Fsp3) is 0.387. The second-order valence-electron chi connectivity index (χ2n) is 10.8. The molecular weight excluding hydrogens is 622 g/mol. The smallest absolute Gasteiger partial charge is 0.295 e. The second-order valence-corrected chi connectivity index (χ2v) is 13.0. The van der Waals surface area contributed by atoms with Crippen LogP contribution in [0.25, 0.3) is 22.7 Å². The lowest BCUT2D eigenvalue weighted by Crippen LogP contribution is -2.40. The minimum atomic E-state index is -3.07. The summed E-state index contributed by atoms with van der Waals surface area (Å²) >= 11 is 0. The van der Waals surface area contributed by atoms with E-state index in [1.54, 1.807) is 38.5 Å². The van der Waals surface area contributed by atoms with E-state index in [1.165, 1.54) is 12.5 Å². The highest BCUT2D eigenvalue weighted by Gasteiger charge is 2.25. The van der Waals surface area contributed by atoms with E-state index in [0.29, 0.717) is 73.2 Å². The van der Waals surface area contributed by atoms with Gasteiger partial charge in [0.05, 0.1) is 20.0 Å². The number of rotatable bonds is 13. The van der Waals surface area contributed by atoms with Crippen molar-refractivity contribution in [2.45, 2.75) is 25.9 Å². The van der Waals surface area contributed by atoms with Gasteiger partial charge in [-0.05, 0) is 38.0 Å². The van der Waals surface area contributed by atoms with Crippen LogP contribution in [-0.4, -0.2) is 86.8 Å². The Hall–Kier alpha value is -4.50. The second kappa shape index (κ2) is 14.3. The van der Waals surface area contributed by atoms with Crippen molar-refractivity contribution in [2.24, 2.45) is 0 Å². The molecule has 15 heteroatoms. The van der Waals surface area contributed by atoms with Gasteiger partial charge in [-0.2, -0.15) is 4.98 Å². The predicted octanol–water partition coefficient (Wildman–Crippen LogP) is 5.16. The third-order valence-electron chi connectivity index (χ3n) is 7.32. The third-order valence-corrected chi connectivity index (χ3v) is 8.24. The van der Waals surface area contributed by atoms with Crippen LogP contribution in [0.3, 0.4) is 0 Å². The lowest BCUT2D eigenvalue weighted by atomic mass is 10.1. The maximum Gasteiger partial charge on any atom is 0.295 e. The summed E-state index contributed by atoms with van der Waals surface area (Å²) in [5.74, 6) is -0.629. The molecule has 0 amide bonds. The summed E-state index contributed by atoms with van der Waals surface area (Å²) in [6, 6.07) is 9.45. The molecule has 46 heavy (non-hydrogen) atoms. The van der Waals surface area contributed by atoms with Crippen molar-refractivity contribution in [3.8, 4) is 40.0 Å². The Morgan fingerprint density at radius 2 is 1.70 bits per heavy atom. The minimum absolute atomic E-state index is 0.0665. The quantitative estimate of drug-likeness (QED) is 0.196. The summed E-state index contributed by atoms with van der Waals surface area (Å²) in [4.78, 5) is 15.4. The van der Waals surface area contributed by atoms with Crippen molar-refractivity contribution in [1.29, 1.82) is 0 Å². The van der Waals surface area contributed by atoms with Gasteiger partial charge in [0.15, 0.2) is 23.1 Å². The molecule has 0 saturated carbocycles. The van der Waals surface area contributed by atoms with E-state index < -0.39 is 33.3 Å². The van der Waals surface area contributed by atoms with Crippen LogP contribution < -0.4 is 24.8 Å². The zero-order chi connectivity index (χ0) is 32.8. The summed E-state index contributed by atoms with van der Waals surface area (Å²) in [6.07, 6.45) is 3.33. The highest BCUT2D eigenvalue weighted by Crippen LogP contribution is 2.37. The predicted molar refractivity (Wildman–Crippen MR) is 170 cm³/mol. The van der Waals surface area contributed by atoms with Gasteiger partial charge in [-0.25, -0.2) is 27.2 Å².